The number of anilines is 2. The lowest BCUT2D eigenvalue weighted by Gasteiger charge is -2.37. The summed E-state index contributed by atoms with van der Waals surface area (Å²) in [4.78, 5) is 15.4. The summed E-state index contributed by atoms with van der Waals surface area (Å²) in [6.45, 7) is 5.47. The highest BCUT2D eigenvalue weighted by molar-refractivity contribution is 7.17. The number of fused-ring (bicyclic) bond motifs is 1. The lowest BCUT2D eigenvalue weighted by molar-refractivity contribution is 0.355. The predicted octanol–water partition coefficient (Wildman–Crippen LogP) is 5.02. The molecule has 0 unspecified atom stereocenters. The van der Waals surface area contributed by atoms with Crippen LogP contribution in [0.4, 0.5) is 11.5 Å². The van der Waals surface area contributed by atoms with E-state index in [1.54, 1.807) is 32.7 Å². The van der Waals surface area contributed by atoms with E-state index in [9.17, 15) is 0 Å². The molecular formula is C26H28N4O3S. The fourth-order valence-electron chi connectivity index (χ4n) is 4.52. The highest BCUT2D eigenvalue weighted by Gasteiger charge is 2.24. The maximum Gasteiger partial charge on any atom is 0.161 e. The molecule has 2 aromatic heterocycles. The van der Waals surface area contributed by atoms with Crippen molar-refractivity contribution >= 4 is 33.1 Å². The summed E-state index contributed by atoms with van der Waals surface area (Å²) in [5.41, 5.74) is 3.31. The molecule has 1 aliphatic heterocycles. The Morgan fingerprint density at radius 2 is 1.50 bits per heavy atom. The zero-order chi connectivity index (χ0) is 23.7. The zero-order valence-electron chi connectivity index (χ0n) is 19.9. The van der Waals surface area contributed by atoms with Gasteiger partial charge in [0.05, 0.1) is 32.4 Å². The molecule has 0 bridgehead atoms. The van der Waals surface area contributed by atoms with E-state index < -0.39 is 0 Å². The number of piperazine rings is 1. The lowest BCUT2D eigenvalue weighted by Crippen LogP contribution is -2.47. The van der Waals surface area contributed by atoms with Gasteiger partial charge in [0.1, 0.15) is 22.2 Å². The number of thiophene rings is 1. The van der Waals surface area contributed by atoms with Gasteiger partial charge in [0.25, 0.3) is 0 Å². The van der Waals surface area contributed by atoms with Crippen molar-refractivity contribution in [2.45, 2.75) is 6.92 Å². The first-order valence-electron chi connectivity index (χ1n) is 11.2. The number of nitrogens with zero attached hydrogens (tertiary/aromatic N) is 4. The van der Waals surface area contributed by atoms with Gasteiger partial charge in [0.15, 0.2) is 11.5 Å². The van der Waals surface area contributed by atoms with Gasteiger partial charge in [-0.05, 0) is 36.8 Å². The van der Waals surface area contributed by atoms with Crippen molar-refractivity contribution in [2.75, 3.05) is 57.3 Å². The van der Waals surface area contributed by atoms with Gasteiger partial charge in [-0.25, -0.2) is 9.97 Å². The Morgan fingerprint density at radius 3 is 2.24 bits per heavy atom. The summed E-state index contributed by atoms with van der Waals surface area (Å²) >= 11 is 1.65. The molecule has 176 valence electrons. The smallest absolute Gasteiger partial charge is 0.161 e. The van der Waals surface area contributed by atoms with Crippen molar-refractivity contribution in [3.05, 3.63) is 53.7 Å². The van der Waals surface area contributed by atoms with Crippen LogP contribution in [0.25, 0.3) is 21.3 Å². The molecule has 1 saturated heterocycles. The fourth-order valence-corrected chi connectivity index (χ4v) is 5.51. The summed E-state index contributed by atoms with van der Waals surface area (Å²) in [6, 6.07) is 14.2. The summed E-state index contributed by atoms with van der Waals surface area (Å²) in [5, 5.41) is 3.25. The van der Waals surface area contributed by atoms with E-state index in [1.807, 2.05) is 31.2 Å². The van der Waals surface area contributed by atoms with Crippen molar-refractivity contribution in [1.82, 2.24) is 9.97 Å². The van der Waals surface area contributed by atoms with Crippen LogP contribution in [-0.4, -0.2) is 57.5 Å². The summed E-state index contributed by atoms with van der Waals surface area (Å²) in [5.74, 6) is 4.11. The maximum atomic E-state index is 5.58. The van der Waals surface area contributed by atoms with Crippen LogP contribution in [0.2, 0.25) is 0 Å². The number of para-hydroxylation sites is 2. The number of rotatable bonds is 6. The van der Waals surface area contributed by atoms with Crippen LogP contribution in [0, 0.1) is 6.92 Å². The molecule has 3 heterocycles. The average molecular weight is 477 g/mol. The number of aromatic nitrogens is 2. The maximum absolute atomic E-state index is 5.58. The summed E-state index contributed by atoms with van der Waals surface area (Å²) < 4.78 is 16.6. The molecule has 2 aromatic carbocycles. The number of aryl methyl sites for hydroxylation is 1. The minimum Gasteiger partial charge on any atom is -0.495 e. The first-order valence-corrected chi connectivity index (χ1v) is 12.1. The molecule has 0 aliphatic carbocycles. The van der Waals surface area contributed by atoms with Crippen molar-refractivity contribution in [2.24, 2.45) is 0 Å². The number of hydrogen-bond donors (Lipinski definition) is 0. The van der Waals surface area contributed by atoms with Crippen molar-refractivity contribution in [1.29, 1.82) is 0 Å². The standard InChI is InChI=1S/C26H28N4O3S/c1-17-27-25(30-13-11-29(12-14-30)20-7-5-6-8-21(20)31-2)24-19(16-34-26(24)28-17)18-9-10-22(32-3)23(15-18)33-4/h5-10,15-16H,11-14H2,1-4H3. The van der Waals surface area contributed by atoms with Crippen molar-refractivity contribution < 1.29 is 14.2 Å². The molecule has 8 heteroatoms. The van der Waals surface area contributed by atoms with Crippen LogP contribution in [0.1, 0.15) is 5.82 Å². The largest absolute Gasteiger partial charge is 0.495 e. The molecule has 4 aromatic rings. The van der Waals surface area contributed by atoms with Gasteiger partial charge in [0.2, 0.25) is 0 Å². The van der Waals surface area contributed by atoms with Gasteiger partial charge in [0, 0.05) is 37.1 Å². The molecule has 1 aliphatic rings. The Bertz CT molecular complexity index is 1310. The Balaban J connectivity index is 1.49. The third-order valence-electron chi connectivity index (χ3n) is 6.23. The summed E-state index contributed by atoms with van der Waals surface area (Å²) in [7, 11) is 5.03. The van der Waals surface area contributed by atoms with Crippen LogP contribution in [0.15, 0.2) is 47.8 Å². The van der Waals surface area contributed by atoms with Gasteiger partial charge in [-0.1, -0.05) is 18.2 Å². The average Bonchev–Trinajstić information content (AvgIpc) is 3.31. The van der Waals surface area contributed by atoms with E-state index >= 15 is 0 Å². The van der Waals surface area contributed by atoms with Crippen LogP contribution in [0.3, 0.4) is 0 Å². The number of ether oxygens (including phenoxy) is 3. The molecular weight excluding hydrogens is 448 g/mol. The molecule has 0 N–H and O–H groups in total. The molecule has 1 fully saturated rings. The normalized spacial score (nSPS) is 13.9. The lowest BCUT2D eigenvalue weighted by atomic mass is 10.0. The Hall–Kier alpha value is -3.52. The molecule has 0 spiro atoms. The Labute approximate surface area is 203 Å². The summed E-state index contributed by atoms with van der Waals surface area (Å²) in [6.07, 6.45) is 0. The van der Waals surface area contributed by atoms with Crippen LogP contribution >= 0.6 is 11.3 Å². The second-order valence-corrected chi connectivity index (χ2v) is 9.00. The molecule has 5 rings (SSSR count). The van der Waals surface area contributed by atoms with Crippen LogP contribution in [0.5, 0.6) is 17.2 Å². The van der Waals surface area contributed by atoms with Gasteiger partial charge in [-0.3, -0.25) is 0 Å². The second-order valence-electron chi connectivity index (χ2n) is 8.14. The third-order valence-corrected chi connectivity index (χ3v) is 7.10. The Morgan fingerprint density at radius 1 is 0.794 bits per heavy atom. The quantitative estimate of drug-likeness (QED) is 0.387. The molecule has 7 nitrogen and oxygen atoms in total. The first kappa shape index (κ1) is 22.3. The van der Waals surface area contributed by atoms with Crippen LogP contribution in [-0.2, 0) is 0 Å². The van der Waals surface area contributed by atoms with Crippen molar-refractivity contribution in [3.8, 4) is 28.4 Å². The topological polar surface area (TPSA) is 60.0 Å². The molecule has 34 heavy (non-hydrogen) atoms. The minimum atomic E-state index is 0.708. The van der Waals surface area contributed by atoms with E-state index in [-0.39, 0.29) is 0 Å². The highest BCUT2D eigenvalue weighted by atomic mass is 32.1. The zero-order valence-corrected chi connectivity index (χ0v) is 20.7. The molecule has 0 amide bonds. The second kappa shape index (κ2) is 9.38. The van der Waals surface area contributed by atoms with E-state index in [4.69, 9.17) is 24.2 Å². The van der Waals surface area contributed by atoms with Gasteiger partial charge in [-0.2, -0.15) is 0 Å². The monoisotopic (exact) mass is 476 g/mol. The predicted molar refractivity (Wildman–Crippen MR) is 138 cm³/mol. The van der Waals surface area contributed by atoms with E-state index in [1.165, 1.54) is 0 Å². The number of methoxy groups -OCH3 is 3. The SMILES string of the molecule is COc1ccc(-c2csc3nc(C)nc(N4CCN(c5ccccc5OC)CC4)c23)cc1OC. The highest BCUT2D eigenvalue weighted by Crippen LogP contribution is 2.41. The molecule has 0 atom stereocenters. The fraction of sp³-hybridized carbons (Fsp3) is 0.308. The van der Waals surface area contributed by atoms with E-state index in [2.05, 4.69) is 33.4 Å². The molecule has 0 saturated carbocycles. The molecule has 0 radical (unpaired) electrons. The number of hydrogen-bond acceptors (Lipinski definition) is 8. The van der Waals surface area contributed by atoms with Crippen LogP contribution < -0.4 is 24.0 Å². The van der Waals surface area contributed by atoms with Gasteiger partial charge < -0.3 is 24.0 Å². The number of benzene rings is 2. The minimum absolute atomic E-state index is 0.708. The first-order chi connectivity index (χ1) is 16.6. The van der Waals surface area contributed by atoms with E-state index in [0.29, 0.717) is 11.5 Å². The van der Waals surface area contributed by atoms with Crippen molar-refractivity contribution in [3.63, 3.8) is 0 Å². The third kappa shape index (κ3) is 3.98. The van der Waals surface area contributed by atoms with Gasteiger partial charge in [-0.15, -0.1) is 11.3 Å². The van der Waals surface area contributed by atoms with E-state index in [0.717, 1.165) is 70.6 Å². The van der Waals surface area contributed by atoms with Gasteiger partial charge >= 0.3 is 0 Å². The Kier molecular flexibility index (Phi) is 6.15.